The van der Waals surface area contributed by atoms with Crippen LogP contribution in [0.1, 0.15) is 40.8 Å². The Bertz CT molecular complexity index is 644. The van der Waals surface area contributed by atoms with E-state index in [1.807, 2.05) is 34.5 Å². The molecule has 0 aliphatic carbocycles. The SMILES string of the molecule is CCCCN(Cc1ccccc1Cl)C(=O)c1csc(CCN)n1. The second kappa shape index (κ2) is 9.01. The van der Waals surface area contributed by atoms with Gasteiger partial charge in [-0.15, -0.1) is 11.3 Å². The lowest BCUT2D eigenvalue weighted by Gasteiger charge is -2.22. The van der Waals surface area contributed by atoms with Crippen molar-refractivity contribution in [1.29, 1.82) is 0 Å². The first-order chi connectivity index (χ1) is 11.2. The molecule has 4 nitrogen and oxygen atoms in total. The zero-order valence-electron chi connectivity index (χ0n) is 13.3. The molecule has 124 valence electrons. The Morgan fingerprint density at radius 3 is 2.87 bits per heavy atom. The molecule has 1 heterocycles. The van der Waals surface area contributed by atoms with Crippen molar-refractivity contribution in [3.05, 3.63) is 50.9 Å². The smallest absolute Gasteiger partial charge is 0.273 e. The quantitative estimate of drug-likeness (QED) is 0.788. The number of nitrogens with zero attached hydrogens (tertiary/aromatic N) is 2. The van der Waals surface area contributed by atoms with Gasteiger partial charge in [-0.3, -0.25) is 4.79 Å². The summed E-state index contributed by atoms with van der Waals surface area (Å²) in [5.41, 5.74) is 7.00. The molecule has 0 aliphatic rings. The molecule has 6 heteroatoms. The molecular weight excluding hydrogens is 330 g/mol. The van der Waals surface area contributed by atoms with E-state index in [-0.39, 0.29) is 5.91 Å². The summed E-state index contributed by atoms with van der Waals surface area (Å²) in [5.74, 6) is -0.0436. The van der Waals surface area contributed by atoms with Crippen molar-refractivity contribution >= 4 is 28.8 Å². The maximum atomic E-state index is 12.8. The summed E-state index contributed by atoms with van der Waals surface area (Å²) in [6.07, 6.45) is 2.69. The number of aromatic nitrogens is 1. The van der Waals surface area contributed by atoms with Gasteiger partial charge < -0.3 is 10.6 Å². The van der Waals surface area contributed by atoms with Crippen molar-refractivity contribution in [2.24, 2.45) is 5.73 Å². The highest BCUT2D eigenvalue weighted by Gasteiger charge is 2.19. The lowest BCUT2D eigenvalue weighted by molar-refractivity contribution is 0.0735. The molecule has 0 bridgehead atoms. The predicted octanol–water partition coefficient (Wildman–Crippen LogP) is 3.74. The van der Waals surface area contributed by atoms with E-state index in [1.165, 1.54) is 11.3 Å². The topological polar surface area (TPSA) is 59.2 Å². The first-order valence-electron chi connectivity index (χ1n) is 7.82. The number of thiazole rings is 1. The molecule has 0 saturated heterocycles. The van der Waals surface area contributed by atoms with E-state index in [2.05, 4.69) is 11.9 Å². The Morgan fingerprint density at radius 1 is 1.39 bits per heavy atom. The molecule has 2 rings (SSSR count). The monoisotopic (exact) mass is 351 g/mol. The van der Waals surface area contributed by atoms with E-state index in [9.17, 15) is 4.79 Å². The molecule has 2 N–H and O–H groups in total. The number of amides is 1. The van der Waals surface area contributed by atoms with E-state index in [0.717, 1.165) is 23.4 Å². The minimum atomic E-state index is -0.0436. The van der Waals surface area contributed by atoms with Gasteiger partial charge in [0.15, 0.2) is 0 Å². The third-order valence-corrected chi connectivity index (χ3v) is 4.79. The zero-order valence-corrected chi connectivity index (χ0v) is 14.9. The van der Waals surface area contributed by atoms with Crippen molar-refractivity contribution in [3.8, 4) is 0 Å². The third kappa shape index (κ3) is 5.03. The van der Waals surface area contributed by atoms with E-state index >= 15 is 0 Å². The fourth-order valence-electron chi connectivity index (χ4n) is 2.24. The van der Waals surface area contributed by atoms with Crippen LogP contribution in [-0.4, -0.2) is 28.9 Å². The van der Waals surface area contributed by atoms with E-state index in [4.69, 9.17) is 17.3 Å². The molecular formula is C17H22ClN3OS. The number of unbranched alkanes of at least 4 members (excludes halogenated alkanes) is 1. The summed E-state index contributed by atoms with van der Waals surface area (Å²) in [6, 6.07) is 7.63. The van der Waals surface area contributed by atoms with Crippen LogP contribution in [0.25, 0.3) is 0 Å². The maximum Gasteiger partial charge on any atom is 0.273 e. The van der Waals surface area contributed by atoms with Crippen molar-refractivity contribution < 1.29 is 4.79 Å². The number of carbonyl (C=O) groups excluding carboxylic acids is 1. The highest BCUT2D eigenvalue weighted by atomic mass is 35.5. The molecule has 1 aromatic carbocycles. The minimum absolute atomic E-state index is 0.0436. The van der Waals surface area contributed by atoms with Crippen LogP contribution in [0.2, 0.25) is 5.02 Å². The van der Waals surface area contributed by atoms with E-state index in [1.54, 1.807) is 0 Å². The molecule has 2 aromatic rings. The fraction of sp³-hybridized carbons (Fsp3) is 0.412. The Morgan fingerprint density at radius 2 is 2.17 bits per heavy atom. The molecule has 0 atom stereocenters. The summed E-state index contributed by atoms with van der Waals surface area (Å²) in [6.45, 7) is 3.85. The maximum absolute atomic E-state index is 12.8. The average Bonchev–Trinajstić information content (AvgIpc) is 3.01. The predicted molar refractivity (Wildman–Crippen MR) is 96.0 cm³/mol. The fourth-order valence-corrected chi connectivity index (χ4v) is 3.23. The third-order valence-electron chi connectivity index (χ3n) is 3.52. The van der Waals surface area contributed by atoms with Crippen LogP contribution < -0.4 is 5.73 Å². The first-order valence-corrected chi connectivity index (χ1v) is 9.08. The van der Waals surface area contributed by atoms with Crippen LogP contribution in [0.4, 0.5) is 0 Å². The van der Waals surface area contributed by atoms with Gasteiger partial charge in [0.2, 0.25) is 0 Å². The number of carbonyl (C=O) groups is 1. The molecule has 23 heavy (non-hydrogen) atoms. The van der Waals surface area contributed by atoms with Gasteiger partial charge in [-0.25, -0.2) is 4.98 Å². The Kier molecular flexibility index (Phi) is 7.02. The number of halogens is 1. The largest absolute Gasteiger partial charge is 0.333 e. The van der Waals surface area contributed by atoms with Crippen LogP contribution in [0.15, 0.2) is 29.6 Å². The van der Waals surface area contributed by atoms with Crippen molar-refractivity contribution in [2.75, 3.05) is 13.1 Å². The summed E-state index contributed by atoms with van der Waals surface area (Å²) >= 11 is 7.72. The minimum Gasteiger partial charge on any atom is -0.333 e. The Balaban J connectivity index is 2.16. The molecule has 0 radical (unpaired) electrons. The van der Waals surface area contributed by atoms with Crippen LogP contribution >= 0.6 is 22.9 Å². The number of hydrogen-bond acceptors (Lipinski definition) is 4. The van der Waals surface area contributed by atoms with Crippen LogP contribution in [0.3, 0.4) is 0 Å². The van der Waals surface area contributed by atoms with Gasteiger partial charge in [-0.05, 0) is 24.6 Å². The van der Waals surface area contributed by atoms with Crippen molar-refractivity contribution in [2.45, 2.75) is 32.7 Å². The number of benzene rings is 1. The summed E-state index contributed by atoms with van der Waals surface area (Å²) in [7, 11) is 0. The van der Waals surface area contributed by atoms with Gasteiger partial charge in [0.05, 0.1) is 5.01 Å². The molecule has 0 unspecified atom stereocenters. The Hall–Kier alpha value is -1.43. The van der Waals surface area contributed by atoms with E-state index < -0.39 is 0 Å². The Labute approximate surface area is 146 Å². The summed E-state index contributed by atoms with van der Waals surface area (Å²) in [4.78, 5) is 19.0. The van der Waals surface area contributed by atoms with Crippen molar-refractivity contribution in [1.82, 2.24) is 9.88 Å². The zero-order chi connectivity index (χ0) is 16.7. The highest BCUT2D eigenvalue weighted by molar-refractivity contribution is 7.09. The molecule has 0 saturated carbocycles. The van der Waals surface area contributed by atoms with Gasteiger partial charge in [0.25, 0.3) is 5.91 Å². The van der Waals surface area contributed by atoms with E-state index in [0.29, 0.717) is 36.8 Å². The lowest BCUT2D eigenvalue weighted by Crippen LogP contribution is -2.32. The standard InChI is InChI=1S/C17H22ClN3OS/c1-2-3-10-21(11-13-6-4-5-7-14(13)18)17(22)15-12-23-16(20-15)8-9-19/h4-7,12H,2-3,8-11,19H2,1H3. The second-order valence-electron chi connectivity index (χ2n) is 5.34. The van der Waals surface area contributed by atoms with Crippen molar-refractivity contribution in [3.63, 3.8) is 0 Å². The summed E-state index contributed by atoms with van der Waals surface area (Å²) < 4.78 is 0. The van der Waals surface area contributed by atoms with Gasteiger partial charge in [0, 0.05) is 29.9 Å². The lowest BCUT2D eigenvalue weighted by atomic mass is 10.2. The van der Waals surface area contributed by atoms with Gasteiger partial charge in [0.1, 0.15) is 5.69 Å². The normalized spacial score (nSPS) is 10.7. The average molecular weight is 352 g/mol. The molecule has 0 fully saturated rings. The number of hydrogen-bond donors (Lipinski definition) is 1. The number of rotatable bonds is 8. The summed E-state index contributed by atoms with van der Waals surface area (Å²) in [5, 5.41) is 3.41. The second-order valence-corrected chi connectivity index (χ2v) is 6.69. The van der Waals surface area contributed by atoms with Crippen LogP contribution in [-0.2, 0) is 13.0 Å². The van der Waals surface area contributed by atoms with Gasteiger partial charge >= 0.3 is 0 Å². The van der Waals surface area contributed by atoms with Crippen LogP contribution in [0, 0.1) is 0 Å². The molecule has 1 amide bonds. The molecule has 1 aromatic heterocycles. The van der Waals surface area contributed by atoms with Crippen LogP contribution in [0.5, 0.6) is 0 Å². The first kappa shape index (κ1) is 17.9. The number of nitrogens with two attached hydrogens (primary N) is 1. The molecule has 0 aliphatic heterocycles. The van der Waals surface area contributed by atoms with Gasteiger partial charge in [-0.2, -0.15) is 0 Å². The molecule has 0 spiro atoms. The van der Waals surface area contributed by atoms with Gasteiger partial charge in [-0.1, -0.05) is 43.1 Å². The highest BCUT2D eigenvalue weighted by Crippen LogP contribution is 2.19.